The van der Waals surface area contributed by atoms with E-state index in [0.717, 1.165) is 27.7 Å². The van der Waals surface area contributed by atoms with Crippen LogP contribution in [0.1, 0.15) is 30.5 Å². The van der Waals surface area contributed by atoms with Crippen molar-refractivity contribution in [3.63, 3.8) is 0 Å². The van der Waals surface area contributed by atoms with Gasteiger partial charge in [-0.25, -0.2) is 15.0 Å². The number of aromatic nitrogens is 5. The van der Waals surface area contributed by atoms with Crippen LogP contribution in [0.3, 0.4) is 0 Å². The number of nitriles is 2. The molecule has 0 unspecified atom stereocenters. The maximum atomic E-state index is 10.5. The van der Waals surface area contributed by atoms with Crippen LogP contribution in [0.25, 0.3) is 33.7 Å². The quantitative estimate of drug-likeness (QED) is 0.284. The van der Waals surface area contributed by atoms with Crippen molar-refractivity contribution >= 4 is 28.7 Å². The van der Waals surface area contributed by atoms with Gasteiger partial charge < -0.3 is 10.4 Å². The molecule has 0 saturated heterocycles. The van der Waals surface area contributed by atoms with Gasteiger partial charge in [-0.2, -0.15) is 10.5 Å². The van der Waals surface area contributed by atoms with Crippen LogP contribution < -0.4 is 5.32 Å². The third-order valence-electron chi connectivity index (χ3n) is 6.83. The van der Waals surface area contributed by atoms with Crippen molar-refractivity contribution in [2.24, 2.45) is 0 Å². The minimum Gasteiger partial charge on any atom is -0.507 e. The summed E-state index contributed by atoms with van der Waals surface area (Å²) in [6.07, 6.45) is 3.83. The van der Waals surface area contributed by atoms with Crippen LogP contribution in [0.4, 0.5) is 5.82 Å². The third-order valence-corrected chi connectivity index (χ3v) is 8.21. The molecular formula is C30H24N8OS. The number of hydrogen-bond donors (Lipinski definition) is 2. The Kier molecular flexibility index (Phi) is 6.33. The van der Waals surface area contributed by atoms with Crippen molar-refractivity contribution < 1.29 is 5.11 Å². The molecule has 1 aliphatic rings. The van der Waals surface area contributed by atoms with Gasteiger partial charge in [0, 0.05) is 35.8 Å². The number of nitrogens with one attached hydrogen (secondary N) is 1. The van der Waals surface area contributed by atoms with Crippen molar-refractivity contribution in [3.8, 4) is 40.4 Å². The van der Waals surface area contributed by atoms with Gasteiger partial charge in [0.25, 0.3) is 0 Å². The molecule has 5 aromatic rings. The van der Waals surface area contributed by atoms with Gasteiger partial charge in [0.2, 0.25) is 0 Å². The first-order valence-electron chi connectivity index (χ1n) is 12.7. The Morgan fingerprint density at radius 1 is 1.00 bits per heavy atom. The highest BCUT2D eigenvalue weighted by Gasteiger charge is 2.35. The number of nitrogens with zero attached hydrogens (tertiary/aromatic N) is 7. The standard InChI is InChI=1S/C30H24N8OS/c1-30(2)17-40-29-35-25-27(36-26(37-28(25)38(29)30)22-11-20(14-32)15-33-16-22)34-9-8-18-6-7-24(39)23(12-18)21-5-3-4-19(10-21)13-31/h3-7,10-12,15-16,39H,8-9,17H2,1-2H3,(H,34,36,37). The summed E-state index contributed by atoms with van der Waals surface area (Å²) < 4.78 is 2.16. The Bertz CT molecular complexity index is 1860. The number of hydrogen-bond acceptors (Lipinski definition) is 9. The van der Waals surface area contributed by atoms with Gasteiger partial charge in [0.1, 0.15) is 11.8 Å². The van der Waals surface area contributed by atoms with Crippen LogP contribution in [-0.2, 0) is 12.0 Å². The lowest BCUT2D eigenvalue weighted by molar-refractivity contribution is 0.404. The molecule has 2 N–H and O–H groups in total. The van der Waals surface area contributed by atoms with Gasteiger partial charge >= 0.3 is 0 Å². The Morgan fingerprint density at radius 2 is 1.82 bits per heavy atom. The highest BCUT2D eigenvalue weighted by molar-refractivity contribution is 7.99. The summed E-state index contributed by atoms with van der Waals surface area (Å²) in [5.74, 6) is 2.15. The Labute approximate surface area is 235 Å². The predicted molar refractivity (Wildman–Crippen MR) is 154 cm³/mol. The van der Waals surface area contributed by atoms with E-state index in [1.54, 1.807) is 42.2 Å². The Morgan fingerprint density at radius 3 is 2.65 bits per heavy atom. The topological polar surface area (TPSA) is 136 Å². The van der Waals surface area contributed by atoms with E-state index in [1.165, 1.54) is 6.20 Å². The summed E-state index contributed by atoms with van der Waals surface area (Å²) in [6.45, 7) is 4.89. The molecule has 2 aromatic carbocycles. The number of phenols is 1. The third kappa shape index (κ3) is 4.59. The van der Waals surface area contributed by atoms with E-state index in [-0.39, 0.29) is 11.3 Å². The first kappa shape index (κ1) is 25.4. The van der Waals surface area contributed by atoms with Gasteiger partial charge in [-0.3, -0.25) is 9.55 Å². The van der Waals surface area contributed by atoms with Crippen LogP contribution >= 0.6 is 11.8 Å². The average molecular weight is 545 g/mol. The molecule has 196 valence electrons. The lowest BCUT2D eigenvalue weighted by atomic mass is 9.99. The molecule has 10 heteroatoms. The molecule has 0 amide bonds. The molecule has 9 nitrogen and oxygen atoms in total. The van der Waals surface area contributed by atoms with E-state index in [2.05, 4.69) is 40.9 Å². The molecule has 1 aliphatic heterocycles. The molecule has 40 heavy (non-hydrogen) atoms. The van der Waals surface area contributed by atoms with Crippen LogP contribution in [0.2, 0.25) is 0 Å². The van der Waals surface area contributed by atoms with Crippen molar-refractivity contribution in [2.45, 2.75) is 31.0 Å². The number of phenolic OH excluding ortho intramolecular Hbond substituents is 1. The van der Waals surface area contributed by atoms with Crippen LogP contribution in [0.5, 0.6) is 5.75 Å². The normalized spacial score (nSPS) is 13.5. The first-order valence-corrected chi connectivity index (χ1v) is 13.7. The maximum Gasteiger partial charge on any atom is 0.171 e. The Hall–Kier alpha value is -4.93. The summed E-state index contributed by atoms with van der Waals surface area (Å²) in [6, 6.07) is 18.7. The average Bonchev–Trinajstić information content (AvgIpc) is 3.50. The molecule has 0 bridgehead atoms. The van der Waals surface area contributed by atoms with Gasteiger partial charge in [-0.15, -0.1) is 0 Å². The zero-order chi connectivity index (χ0) is 27.9. The molecule has 0 saturated carbocycles. The van der Waals surface area contributed by atoms with E-state index in [4.69, 9.17) is 15.0 Å². The summed E-state index contributed by atoms with van der Waals surface area (Å²) in [5.41, 5.74) is 5.40. The molecule has 6 rings (SSSR count). The second-order valence-electron chi connectivity index (χ2n) is 10.2. The van der Waals surface area contributed by atoms with E-state index in [0.29, 0.717) is 52.4 Å². The summed E-state index contributed by atoms with van der Waals surface area (Å²) in [5, 5.41) is 33.5. The van der Waals surface area contributed by atoms with E-state index in [9.17, 15) is 15.6 Å². The second-order valence-corrected chi connectivity index (χ2v) is 11.1. The van der Waals surface area contributed by atoms with E-state index in [1.807, 2.05) is 24.3 Å². The van der Waals surface area contributed by atoms with Gasteiger partial charge in [-0.1, -0.05) is 30.0 Å². The van der Waals surface area contributed by atoms with Crippen LogP contribution in [-0.4, -0.2) is 41.9 Å². The number of rotatable bonds is 6. The molecule has 0 radical (unpaired) electrons. The summed E-state index contributed by atoms with van der Waals surface area (Å²) >= 11 is 1.70. The number of imidazole rings is 1. The van der Waals surface area contributed by atoms with Gasteiger partial charge in [0.05, 0.1) is 22.7 Å². The van der Waals surface area contributed by atoms with Crippen molar-refractivity contribution in [1.29, 1.82) is 10.5 Å². The zero-order valence-electron chi connectivity index (χ0n) is 21.9. The summed E-state index contributed by atoms with van der Waals surface area (Å²) in [7, 11) is 0. The highest BCUT2D eigenvalue weighted by Crippen LogP contribution is 2.41. The van der Waals surface area contributed by atoms with E-state index >= 15 is 0 Å². The fourth-order valence-corrected chi connectivity index (χ4v) is 6.04. The van der Waals surface area contributed by atoms with E-state index < -0.39 is 0 Å². The number of anilines is 1. The van der Waals surface area contributed by atoms with Crippen LogP contribution in [0, 0.1) is 22.7 Å². The molecule has 0 atom stereocenters. The zero-order valence-corrected chi connectivity index (χ0v) is 22.7. The minimum absolute atomic E-state index is 0.157. The smallest absolute Gasteiger partial charge is 0.171 e. The molecule has 0 spiro atoms. The Balaban J connectivity index is 1.33. The first-order chi connectivity index (χ1) is 19.4. The number of pyridine rings is 1. The largest absolute Gasteiger partial charge is 0.507 e. The van der Waals surface area contributed by atoms with Crippen molar-refractivity contribution in [1.82, 2.24) is 24.5 Å². The highest BCUT2D eigenvalue weighted by atomic mass is 32.2. The van der Waals surface area contributed by atoms with Crippen molar-refractivity contribution in [3.05, 3.63) is 77.6 Å². The fourth-order valence-electron chi connectivity index (χ4n) is 4.81. The number of benzene rings is 2. The fraction of sp³-hybridized carbons (Fsp3) is 0.200. The predicted octanol–water partition coefficient (Wildman–Crippen LogP) is 5.50. The van der Waals surface area contributed by atoms with Crippen molar-refractivity contribution in [2.75, 3.05) is 17.6 Å². The number of fused-ring (bicyclic) bond motifs is 3. The number of thioether (sulfide) groups is 1. The minimum atomic E-state index is -0.157. The molecule has 3 aromatic heterocycles. The molecular weight excluding hydrogens is 520 g/mol. The molecule has 0 fully saturated rings. The monoisotopic (exact) mass is 544 g/mol. The molecule has 0 aliphatic carbocycles. The van der Waals surface area contributed by atoms with Gasteiger partial charge in [-0.05, 0) is 61.7 Å². The SMILES string of the molecule is CC1(C)CSc2nc3c(NCCc4ccc(O)c(-c5cccc(C#N)c5)c4)nc(-c4cncc(C#N)c4)nc3n21. The van der Waals surface area contributed by atoms with Gasteiger partial charge in [0.15, 0.2) is 28.0 Å². The summed E-state index contributed by atoms with van der Waals surface area (Å²) in [4.78, 5) is 18.8. The van der Waals surface area contributed by atoms with Crippen LogP contribution in [0.15, 0.2) is 66.1 Å². The second kappa shape index (κ2) is 9.99. The molecule has 4 heterocycles. The lowest BCUT2D eigenvalue weighted by Gasteiger charge is -2.20. The maximum absolute atomic E-state index is 10.5. The number of aromatic hydroxyl groups is 1. The lowest BCUT2D eigenvalue weighted by Crippen LogP contribution is -2.24.